The quantitative estimate of drug-likeness (QED) is 0.831. The summed E-state index contributed by atoms with van der Waals surface area (Å²) in [6.07, 6.45) is 3.98. The Morgan fingerprint density at radius 3 is 2.56 bits per heavy atom. The Kier molecular flexibility index (Phi) is 3.75. The predicted molar refractivity (Wildman–Crippen MR) is 63.6 cm³/mol. The molecule has 16 heavy (non-hydrogen) atoms. The van der Waals surface area contributed by atoms with Crippen LogP contribution in [0.3, 0.4) is 0 Å². The predicted octanol–water partition coefficient (Wildman–Crippen LogP) is 2.12. The molecule has 2 N–H and O–H groups in total. The number of benzene rings is 1. The zero-order chi connectivity index (χ0) is 11.2. The van der Waals surface area contributed by atoms with Crippen molar-refractivity contribution < 1.29 is 4.74 Å². The van der Waals surface area contributed by atoms with E-state index < -0.39 is 0 Å². The van der Waals surface area contributed by atoms with E-state index in [4.69, 9.17) is 10.5 Å². The van der Waals surface area contributed by atoms with Crippen LogP contribution in [0.5, 0.6) is 0 Å². The van der Waals surface area contributed by atoms with Crippen molar-refractivity contribution in [2.24, 2.45) is 5.73 Å². The van der Waals surface area contributed by atoms with Crippen LogP contribution in [0.15, 0.2) is 48.8 Å². The Bertz CT molecular complexity index is 423. The summed E-state index contributed by atoms with van der Waals surface area (Å²) in [6, 6.07) is 12.2. The van der Waals surface area contributed by atoms with Gasteiger partial charge in [-0.25, -0.2) is 0 Å². The molecule has 3 nitrogen and oxygen atoms in total. The van der Waals surface area contributed by atoms with Crippen LogP contribution in [0.25, 0.3) is 0 Å². The van der Waals surface area contributed by atoms with Crippen molar-refractivity contribution in [1.29, 1.82) is 0 Å². The number of aromatic nitrogens is 1. The van der Waals surface area contributed by atoms with Crippen molar-refractivity contribution in [3.05, 3.63) is 59.9 Å². The normalized spacial score (nSPS) is 10.6. The lowest BCUT2D eigenvalue weighted by atomic mass is 10.2. The SMILES string of the molecule is NCc1ccn(COCc2ccccc2)c1. The van der Waals surface area contributed by atoms with Crippen LogP contribution in [0.4, 0.5) is 0 Å². The van der Waals surface area contributed by atoms with Crippen LogP contribution in [0.1, 0.15) is 11.1 Å². The zero-order valence-corrected chi connectivity index (χ0v) is 9.17. The number of nitrogens with two attached hydrogens (primary N) is 1. The lowest BCUT2D eigenvalue weighted by Gasteiger charge is -2.05. The Morgan fingerprint density at radius 1 is 1.06 bits per heavy atom. The van der Waals surface area contributed by atoms with E-state index in [1.165, 1.54) is 5.56 Å². The maximum atomic E-state index is 5.59. The Hall–Kier alpha value is -1.58. The van der Waals surface area contributed by atoms with Gasteiger partial charge in [-0.05, 0) is 17.2 Å². The van der Waals surface area contributed by atoms with Gasteiger partial charge in [-0.1, -0.05) is 30.3 Å². The first kappa shape index (κ1) is 10.9. The molecule has 0 aliphatic heterocycles. The van der Waals surface area contributed by atoms with E-state index in [0.717, 1.165) is 5.56 Å². The number of ether oxygens (including phenoxy) is 1. The maximum Gasteiger partial charge on any atom is 0.122 e. The van der Waals surface area contributed by atoms with Crippen molar-refractivity contribution >= 4 is 0 Å². The fourth-order valence-corrected chi connectivity index (χ4v) is 1.53. The number of hydrogen-bond acceptors (Lipinski definition) is 2. The zero-order valence-electron chi connectivity index (χ0n) is 9.17. The first-order chi connectivity index (χ1) is 7.88. The topological polar surface area (TPSA) is 40.2 Å². The highest BCUT2D eigenvalue weighted by Crippen LogP contribution is 2.03. The summed E-state index contributed by atoms with van der Waals surface area (Å²) in [4.78, 5) is 0. The molecule has 0 saturated carbocycles. The van der Waals surface area contributed by atoms with Gasteiger partial charge < -0.3 is 15.0 Å². The smallest absolute Gasteiger partial charge is 0.122 e. The molecule has 2 rings (SSSR count). The minimum atomic E-state index is 0.564. The molecule has 3 heteroatoms. The van der Waals surface area contributed by atoms with Crippen LogP contribution in [-0.2, 0) is 24.6 Å². The van der Waals surface area contributed by atoms with Crippen molar-refractivity contribution in [3.8, 4) is 0 Å². The van der Waals surface area contributed by atoms with Gasteiger partial charge in [-0.15, -0.1) is 0 Å². The van der Waals surface area contributed by atoms with E-state index in [2.05, 4.69) is 12.1 Å². The van der Waals surface area contributed by atoms with Crippen LogP contribution < -0.4 is 5.73 Å². The third-order valence-electron chi connectivity index (χ3n) is 2.40. The van der Waals surface area contributed by atoms with Gasteiger partial charge in [0.1, 0.15) is 6.73 Å². The van der Waals surface area contributed by atoms with Crippen molar-refractivity contribution in [1.82, 2.24) is 4.57 Å². The molecular formula is C13H16N2O. The van der Waals surface area contributed by atoms with Gasteiger partial charge in [0.2, 0.25) is 0 Å². The summed E-state index contributed by atoms with van der Waals surface area (Å²) in [7, 11) is 0. The summed E-state index contributed by atoms with van der Waals surface area (Å²) in [6.45, 7) is 1.78. The molecular weight excluding hydrogens is 200 g/mol. The molecule has 0 atom stereocenters. The molecule has 1 heterocycles. The highest BCUT2D eigenvalue weighted by Gasteiger charge is 1.95. The molecule has 1 aromatic heterocycles. The Morgan fingerprint density at radius 2 is 1.88 bits per heavy atom. The average molecular weight is 216 g/mol. The molecule has 0 fully saturated rings. The minimum Gasteiger partial charge on any atom is -0.356 e. The second-order valence-electron chi connectivity index (χ2n) is 3.70. The molecule has 0 saturated heterocycles. The number of nitrogens with zero attached hydrogens (tertiary/aromatic N) is 1. The van der Waals surface area contributed by atoms with E-state index in [1.807, 2.05) is 41.2 Å². The highest BCUT2D eigenvalue weighted by molar-refractivity contribution is 5.13. The molecule has 0 radical (unpaired) electrons. The third kappa shape index (κ3) is 2.95. The van der Waals surface area contributed by atoms with E-state index in [1.54, 1.807) is 0 Å². The van der Waals surface area contributed by atoms with Gasteiger partial charge in [-0.2, -0.15) is 0 Å². The van der Waals surface area contributed by atoms with Crippen molar-refractivity contribution in [3.63, 3.8) is 0 Å². The standard InChI is InChI=1S/C13H16N2O/c14-8-13-6-7-15(9-13)11-16-10-12-4-2-1-3-5-12/h1-7,9H,8,10-11,14H2. The van der Waals surface area contributed by atoms with Gasteiger partial charge >= 0.3 is 0 Å². The van der Waals surface area contributed by atoms with Gasteiger partial charge in [0.15, 0.2) is 0 Å². The largest absolute Gasteiger partial charge is 0.356 e. The van der Waals surface area contributed by atoms with Gasteiger partial charge in [0.05, 0.1) is 6.61 Å². The van der Waals surface area contributed by atoms with E-state index in [-0.39, 0.29) is 0 Å². The van der Waals surface area contributed by atoms with E-state index >= 15 is 0 Å². The minimum absolute atomic E-state index is 0.564. The summed E-state index contributed by atoms with van der Waals surface area (Å²) in [5.74, 6) is 0. The fraction of sp³-hybridized carbons (Fsp3) is 0.231. The summed E-state index contributed by atoms with van der Waals surface area (Å²) in [5, 5.41) is 0. The first-order valence-corrected chi connectivity index (χ1v) is 5.35. The van der Waals surface area contributed by atoms with E-state index in [9.17, 15) is 0 Å². The molecule has 0 aliphatic rings. The molecule has 0 spiro atoms. The first-order valence-electron chi connectivity index (χ1n) is 5.35. The van der Waals surface area contributed by atoms with Crippen molar-refractivity contribution in [2.75, 3.05) is 0 Å². The molecule has 1 aromatic carbocycles. The molecule has 0 bridgehead atoms. The molecule has 84 valence electrons. The van der Waals surface area contributed by atoms with Crippen LogP contribution in [-0.4, -0.2) is 4.57 Å². The summed E-state index contributed by atoms with van der Waals surface area (Å²) < 4.78 is 7.58. The molecule has 0 aliphatic carbocycles. The maximum absolute atomic E-state index is 5.59. The fourth-order valence-electron chi connectivity index (χ4n) is 1.53. The molecule has 2 aromatic rings. The average Bonchev–Trinajstić information content (AvgIpc) is 2.78. The lowest BCUT2D eigenvalue weighted by Crippen LogP contribution is -2.00. The highest BCUT2D eigenvalue weighted by atomic mass is 16.5. The summed E-state index contributed by atoms with van der Waals surface area (Å²) >= 11 is 0. The van der Waals surface area contributed by atoms with Crippen LogP contribution in [0.2, 0.25) is 0 Å². The lowest BCUT2D eigenvalue weighted by molar-refractivity contribution is 0.0642. The Labute approximate surface area is 95.5 Å². The second kappa shape index (κ2) is 5.49. The molecule has 0 amide bonds. The van der Waals surface area contributed by atoms with Gasteiger partial charge in [0.25, 0.3) is 0 Å². The van der Waals surface area contributed by atoms with Crippen LogP contribution >= 0.6 is 0 Å². The summed E-state index contributed by atoms with van der Waals surface area (Å²) in [5.41, 5.74) is 7.85. The van der Waals surface area contributed by atoms with Crippen molar-refractivity contribution in [2.45, 2.75) is 19.9 Å². The van der Waals surface area contributed by atoms with Gasteiger partial charge in [-0.3, -0.25) is 0 Å². The number of rotatable bonds is 5. The van der Waals surface area contributed by atoms with Gasteiger partial charge in [0, 0.05) is 18.9 Å². The van der Waals surface area contributed by atoms with Crippen LogP contribution in [0, 0.1) is 0 Å². The third-order valence-corrected chi connectivity index (χ3v) is 2.40. The molecule has 0 unspecified atom stereocenters. The monoisotopic (exact) mass is 216 g/mol. The Balaban J connectivity index is 1.80. The second-order valence-corrected chi connectivity index (χ2v) is 3.70. The number of hydrogen-bond donors (Lipinski definition) is 1. The van der Waals surface area contributed by atoms with E-state index in [0.29, 0.717) is 19.9 Å².